The van der Waals surface area contributed by atoms with Gasteiger partial charge in [-0.05, 0) is 266 Å². The van der Waals surface area contributed by atoms with E-state index < -0.39 is 0 Å². The van der Waals surface area contributed by atoms with Crippen molar-refractivity contribution in [2.45, 2.75) is 572 Å². The van der Waals surface area contributed by atoms with Gasteiger partial charge in [-0.2, -0.15) is 0 Å². The van der Waals surface area contributed by atoms with E-state index in [4.69, 9.17) is 0 Å². The second-order valence-corrected chi connectivity index (χ2v) is 43.1. The van der Waals surface area contributed by atoms with Crippen molar-refractivity contribution in [3.63, 3.8) is 0 Å². The predicted molar refractivity (Wildman–Crippen MR) is 554 cm³/mol. The van der Waals surface area contributed by atoms with Gasteiger partial charge in [0.25, 0.3) is 0 Å². The Balaban J connectivity index is -0.000000156. The molecule has 0 aromatic carbocycles. The molecule has 9 rings (SSSR count). The van der Waals surface area contributed by atoms with Gasteiger partial charge >= 0.3 is 0 Å². The smallest absolute Gasteiger partial charge is 0.0239 e. The first-order valence-corrected chi connectivity index (χ1v) is 53.7. The van der Waals surface area contributed by atoms with Crippen LogP contribution in [-0.2, 0) is 0 Å². The van der Waals surface area contributed by atoms with Gasteiger partial charge in [0.05, 0.1) is 0 Å². The van der Waals surface area contributed by atoms with Crippen LogP contribution in [0.4, 0.5) is 0 Å². The molecule has 3 N–H and O–H groups in total. The Morgan fingerprint density at radius 2 is 0.376 bits per heavy atom. The summed E-state index contributed by atoms with van der Waals surface area (Å²) in [5.41, 5.74) is 6.61. The van der Waals surface area contributed by atoms with E-state index in [1.165, 1.54) is 200 Å². The molecule has 0 spiro atoms. The average Bonchev–Trinajstić information content (AvgIpc) is 1.62. The molecule has 720 valence electrons. The van der Waals surface area contributed by atoms with Crippen LogP contribution in [-0.4, -0.2) is 37.3 Å². The second kappa shape index (κ2) is 69.9. The molecule has 3 heterocycles. The molecule has 3 saturated heterocycles. The van der Waals surface area contributed by atoms with E-state index >= 15 is 0 Å². The highest BCUT2D eigenvalue weighted by Crippen LogP contribution is 2.63. The van der Waals surface area contributed by atoms with Crippen molar-refractivity contribution < 1.29 is 0 Å². The van der Waals surface area contributed by atoms with E-state index in [2.05, 4.69) is 279 Å². The first kappa shape index (κ1) is 135. The van der Waals surface area contributed by atoms with Gasteiger partial charge in [-0.25, -0.2) is 0 Å². The lowest BCUT2D eigenvalue weighted by atomic mass is 9.56. The second-order valence-electron chi connectivity index (χ2n) is 43.1. The number of hydrogen-bond acceptors (Lipinski definition) is 3. The fourth-order valence-electron chi connectivity index (χ4n) is 23.5. The summed E-state index contributed by atoms with van der Waals surface area (Å²) in [5.74, 6) is 13.5. The van der Waals surface area contributed by atoms with Crippen LogP contribution in [0.5, 0.6) is 0 Å². The van der Waals surface area contributed by atoms with Gasteiger partial charge < -0.3 is 16.0 Å². The van der Waals surface area contributed by atoms with Crippen LogP contribution in [0.1, 0.15) is 561 Å². The van der Waals surface area contributed by atoms with Crippen molar-refractivity contribution in [3.05, 3.63) is 0 Å². The molecular weight excluding hydrogens is 1410 g/mol. The lowest BCUT2D eigenvalue weighted by Gasteiger charge is -2.50. The van der Waals surface area contributed by atoms with Gasteiger partial charge in [0.2, 0.25) is 0 Å². The lowest BCUT2D eigenvalue weighted by molar-refractivity contribution is 0.0133. The Hall–Kier alpha value is -0.120. The zero-order chi connectivity index (χ0) is 94.8. The van der Waals surface area contributed by atoms with Gasteiger partial charge in [-0.15, -0.1) is 0 Å². The highest BCUT2D eigenvalue weighted by atomic mass is 15.1. The zero-order valence-corrected chi connectivity index (χ0v) is 94.2. The maximum atomic E-state index is 3.67. The molecule has 9 aliphatic rings. The van der Waals surface area contributed by atoms with E-state index in [0.717, 1.165) is 106 Å². The molecule has 0 unspecified atom stereocenters. The minimum absolute atomic E-state index is 0.444. The summed E-state index contributed by atoms with van der Waals surface area (Å²) in [4.78, 5) is 0. The summed E-state index contributed by atoms with van der Waals surface area (Å²) in [5, 5.41) is 10.7. The van der Waals surface area contributed by atoms with Crippen LogP contribution in [0.2, 0.25) is 0 Å². The number of nitrogens with one attached hydrogen (secondary N) is 3. The molecule has 6 aliphatic carbocycles. The Kier molecular flexibility index (Phi) is 80.6. The summed E-state index contributed by atoms with van der Waals surface area (Å²) in [6.07, 6.45) is 39.2. The van der Waals surface area contributed by atoms with Crippen molar-refractivity contribution in [1.29, 1.82) is 0 Å². The van der Waals surface area contributed by atoms with Gasteiger partial charge in [-0.3, -0.25) is 0 Å². The van der Waals surface area contributed by atoms with Crippen molar-refractivity contribution in [2.24, 2.45) is 143 Å². The quantitative estimate of drug-likeness (QED) is 0.135. The standard InChI is InChI=1S/C14H28.C12H24.C11H22.2C10H21N.3C10H20.C9H19N.9C2H6/c1-12(2)14(13(3,4)5)10-8-6-7-9-11-14;1-10(2)12(11(3)4)8-6-5-7-9-12;1-9(2)11(10(3)4)7-5-6-8-11;1-8(2)10(9(3)4)5-6-11-7-10;1-8(2)10(9(3)4)6-5-7-11-10;1-8(2)10(6-7-10)9(3,4)5;2*1-8(2)10(9(3)4)6-5-7-10;1-7(2)9(8(3)4)5-6-10-9;9*1-2/h12H,6-11H2,1-5H3;10-11H,5-9H2,1-4H3;9-10H,5-8H2,1-4H3;2*8-9,11H,5-7H2,1-4H3;8H,6-7H2,1-5H3;2*8-9H,5-7H2,1-4H3;7-8,10H,5-6H2,1-4H3;9*1-2H3. The van der Waals surface area contributed by atoms with Gasteiger partial charge in [0, 0.05) is 17.6 Å². The maximum absolute atomic E-state index is 3.67. The van der Waals surface area contributed by atoms with E-state index in [1.807, 2.05) is 125 Å². The molecule has 0 aromatic heterocycles. The monoisotopic (exact) mass is 1660 g/mol. The minimum Gasteiger partial charge on any atom is -0.316 e. The molecule has 6 saturated carbocycles. The molecular formula is C114H249N3. The van der Waals surface area contributed by atoms with Gasteiger partial charge in [0.1, 0.15) is 0 Å². The van der Waals surface area contributed by atoms with E-state index in [-0.39, 0.29) is 0 Å². The van der Waals surface area contributed by atoms with Crippen molar-refractivity contribution in [3.8, 4) is 0 Å². The van der Waals surface area contributed by atoms with Crippen LogP contribution in [0.3, 0.4) is 0 Å². The molecule has 117 heavy (non-hydrogen) atoms. The van der Waals surface area contributed by atoms with Crippen LogP contribution in [0.25, 0.3) is 0 Å². The summed E-state index contributed by atoms with van der Waals surface area (Å²) in [6.45, 7) is 131. The van der Waals surface area contributed by atoms with Crippen LogP contribution >= 0.6 is 0 Å². The molecule has 0 amide bonds. The molecule has 3 heteroatoms. The largest absolute Gasteiger partial charge is 0.316 e. The van der Waals surface area contributed by atoms with Crippen molar-refractivity contribution in [2.75, 3.05) is 26.2 Å². The van der Waals surface area contributed by atoms with Crippen LogP contribution in [0.15, 0.2) is 0 Å². The Morgan fingerprint density at radius 1 is 0.171 bits per heavy atom. The topological polar surface area (TPSA) is 36.1 Å². The van der Waals surface area contributed by atoms with Gasteiger partial charge in [0.15, 0.2) is 0 Å². The third-order valence-corrected chi connectivity index (χ3v) is 32.9. The molecule has 0 aromatic rings. The average molecular weight is 1660 g/mol. The first-order chi connectivity index (χ1) is 54.5. The molecule has 0 radical (unpaired) electrons. The third-order valence-electron chi connectivity index (χ3n) is 32.9. The molecule has 3 nitrogen and oxygen atoms in total. The first-order valence-electron chi connectivity index (χ1n) is 53.7. The fourth-order valence-corrected chi connectivity index (χ4v) is 23.5. The molecule has 0 atom stereocenters. The van der Waals surface area contributed by atoms with Gasteiger partial charge in [-0.1, -0.05) is 458 Å². The van der Waals surface area contributed by atoms with Crippen molar-refractivity contribution in [1.82, 2.24) is 16.0 Å². The Bertz CT molecular complexity index is 1810. The summed E-state index contributed by atoms with van der Waals surface area (Å²) in [6, 6.07) is 0. The van der Waals surface area contributed by atoms with Crippen LogP contribution in [0, 0.1) is 143 Å². The summed E-state index contributed by atoms with van der Waals surface area (Å²) in [7, 11) is 0. The molecule has 3 aliphatic heterocycles. The normalized spacial score (nSPS) is 20.3. The minimum atomic E-state index is 0.444. The molecule has 9 fully saturated rings. The summed E-state index contributed by atoms with van der Waals surface area (Å²) < 4.78 is 0. The van der Waals surface area contributed by atoms with E-state index in [1.54, 1.807) is 0 Å². The molecule has 0 bridgehead atoms. The fraction of sp³-hybridized carbons (Fsp3) is 1.00. The summed E-state index contributed by atoms with van der Waals surface area (Å²) >= 11 is 0. The Morgan fingerprint density at radius 3 is 0.479 bits per heavy atom. The highest BCUT2D eigenvalue weighted by Gasteiger charge is 2.54. The van der Waals surface area contributed by atoms with E-state index in [9.17, 15) is 0 Å². The zero-order valence-electron chi connectivity index (χ0n) is 94.2. The van der Waals surface area contributed by atoms with Crippen LogP contribution < -0.4 is 16.0 Å². The third kappa shape index (κ3) is 41.2. The van der Waals surface area contributed by atoms with E-state index in [0.29, 0.717) is 49.0 Å². The Labute approximate surface area is 753 Å². The SMILES string of the molecule is CC.CC.CC.CC.CC.CC.CC.CC.CC.CC(C)C1(C(C)(C)C)CC1.CC(C)C1(C(C)(C)C)CCCCCC1.CC(C)C1(C(C)C)CCC1.CC(C)C1(C(C)C)CCC1.CC(C)C1(C(C)C)CCCC1.CC(C)C1(C(C)C)CCCCC1.CC(C)C1(C(C)C)CCCN1.CC(C)C1(C(C)C)CCN1.CC(C)C1(C(C)C)CCNC1. The predicted octanol–water partition coefficient (Wildman–Crippen LogP) is 39.5. The number of rotatable bonds is 16. The number of hydrogen-bond donors (Lipinski definition) is 3. The lowest BCUT2D eigenvalue weighted by Crippen LogP contribution is -2.63. The van der Waals surface area contributed by atoms with Crippen molar-refractivity contribution >= 4 is 0 Å². The highest BCUT2D eigenvalue weighted by molar-refractivity contribution is 5.04. The maximum Gasteiger partial charge on any atom is 0.0239 e.